The summed E-state index contributed by atoms with van der Waals surface area (Å²) in [7, 11) is 0. The Hall–Kier alpha value is -3.02. The van der Waals surface area contributed by atoms with Gasteiger partial charge in [0.15, 0.2) is 0 Å². The van der Waals surface area contributed by atoms with Crippen molar-refractivity contribution in [3.8, 4) is 0 Å². The van der Waals surface area contributed by atoms with Crippen molar-refractivity contribution in [2.45, 2.75) is 13.3 Å². The number of carbonyl (C=O) groups is 1. The average Bonchev–Trinajstić information content (AvgIpc) is 2.55. The second-order valence-corrected chi connectivity index (χ2v) is 4.60. The molecule has 1 N–H and O–H groups in total. The van der Waals surface area contributed by atoms with Crippen LogP contribution < -0.4 is 5.43 Å². The lowest BCUT2D eigenvalue weighted by Gasteiger charge is -2.00. The van der Waals surface area contributed by atoms with Crippen molar-refractivity contribution in [3.05, 3.63) is 75.3 Å². The third kappa shape index (κ3) is 3.99. The molecular formula is C16H15N3O3. The highest BCUT2D eigenvalue weighted by molar-refractivity contribution is 5.95. The number of amides is 1. The SMILES string of the molecule is CCc1ccc(/C=N/NC(=O)c2ccc([N+](=O)[O-])cc2)cc1. The molecule has 0 aliphatic rings. The van der Waals surface area contributed by atoms with Crippen LogP contribution in [0.4, 0.5) is 5.69 Å². The molecule has 2 rings (SSSR count). The first-order chi connectivity index (χ1) is 10.6. The van der Waals surface area contributed by atoms with E-state index in [9.17, 15) is 14.9 Å². The number of nitrogens with zero attached hydrogens (tertiary/aromatic N) is 2. The second-order valence-electron chi connectivity index (χ2n) is 4.60. The lowest BCUT2D eigenvalue weighted by Crippen LogP contribution is -2.17. The Kier molecular flexibility index (Phi) is 4.98. The van der Waals surface area contributed by atoms with Crippen LogP contribution in [0.25, 0.3) is 0 Å². The average molecular weight is 297 g/mol. The largest absolute Gasteiger partial charge is 0.271 e. The van der Waals surface area contributed by atoms with Crippen LogP contribution in [0.15, 0.2) is 53.6 Å². The number of hydrazone groups is 1. The van der Waals surface area contributed by atoms with Crippen LogP contribution in [0, 0.1) is 10.1 Å². The van der Waals surface area contributed by atoms with Crippen molar-refractivity contribution < 1.29 is 9.72 Å². The van der Waals surface area contributed by atoms with E-state index in [-0.39, 0.29) is 5.69 Å². The van der Waals surface area contributed by atoms with Crippen LogP contribution in [-0.4, -0.2) is 17.0 Å². The Bertz CT molecular complexity index is 692. The zero-order valence-corrected chi connectivity index (χ0v) is 12.0. The Balaban J connectivity index is 1.96. The molecule has 0 radical (unpaired) electrons. The fourth-order valence-electron chi connectivity index (χ4n) is 1.80. The van der Waals surface area contributed by atoms with Gasteiger partial charge in [0.05, 0.1) is 11.1 Å². The summed E-state index contributed by atoms with van der Waals surface area (Å²) in [4.78, 5) is 21.8. The molecule has 2 aromatic rings. The molecule has 0 aromatic heterocycles. The van der Waals surface area contributed by atoms with Crippen LogP contribution in [0.2, 0.25) is 0 Å². The summed E-state index contributed by atoms with van der Waals surface area (Å²) in [5, 5.41) is 14.4. The number of nitro groups is 1. The number of nitro benzene ring substituents is 1. The van der Waals surface area contributed by atoms with Crippen molar-refractivity contribution in [2.75, 3.05) is 0 Å². The molecule has 112 valence electrons. The molecule has 0 saturated carbocycles. The van der Waals surface area contributed by atoms with Crippen molar-refractivity contribution in [1.82, 2.24) is 5.43 Å². The molecule has 22 heavy (non-hydrogen) atoms. The number of hydrogen-bond donors (Lipinski definition) is 1. The first-order valence-corrected chi connectivity index (χ1v) is 6.77. The normalized spacial score (nSPS) is 10.6. The quantitative estimate of drug-likeness (QED) is 0.523. The second kappa shape index (κ2) is 7.12. The zero-order valence-electron chi connectivity index (χ0n) is 12.0. The van der Waals surface area contributed by atoms with E-state index < -0.39 is 10.8 Å². The number of benzene rings is 2. The van der Waals surface area contributed by atoms with Gasteiger partial charge >= 0.3 is 0 Å². The van der Waals surface area contributed by atoms with E-state index in [1.807, 2.05) is 24.3 Å². The topological polar surface area (TPSA) is 84.6 Å². The van der Waals surface area contributed by atoms with Crippen LogP contribution in [0.5, 0.6) is 0 Å². The van der Waals surface area contributed by atoms with E-state index in [2.05, 4.69) is 17.5 Å². The van der Waals surface area contributed by atoms with Gasteiger partial charge < -0.3 is 0 Å². The maximum absolute atomic E-state index is 11.8. The lowest BCUT2D eigenvalue weighted by molar-refractivity contribution is -0.384. The fraction of sp³-hybridized carbons (Fsp3) is 0.125. The lowest BCUT2D eigenvalue weighted by atomic mass is 10.1. The summed E-state index contributed by atoms with van der Waals surface area (Å²) in [5.74, 6) is -0.420. The van der Waals surface area contributed by atoms with Gasteiger partial charge in [-0.05, 0) is 29.7 Å². The van der Waals surface area contributed by atoms with Crippen molar-refractivity contribution in [2.24, 2.45) is 5.10 Å². The van der Waals surface area contributed by atoms with Crippen LogP contribution in [0.1, 0.15) is 28.4 Å². The molecule has 6 heteroatoms. The van der Waals surface area contributed by atoms with E-state index >= 15 is 0 Å². The molecule has 0 bridgehead atoms. The van der Waals surface area contributed by atoms with E-state index in [1.165, 1.54) is 29.8 Å². The molecular weight excluding hydrogens is 282 g/mol. The predicted octanol–water partition coefficient (Wildman–Crippen LogP) is 2.92. The van der Waals surface area contributed by atoms with Gasteiger partial charge in [0.2, 0.25) is 0 Å². The van der Waals surface area contributed by atoms with E-state index in [0.29, 0.717) is 5.56 Å². The number of non-ortho nitro benzene ring substituents is 1. The van der Waals surface area contributed by atoms with Crippen LogP contribution >= 0.6 is 0 Å². The van der Waals surface area contributed by atoms with Gasteiger partial charge in [-0.15, -0.1) is 0 Å². The van der Waals surface area contributed by atoms with Crippen molar-refractivity contribution in [1.29, 1.82) is 0 Å². The van der Waals surface area contributed by atoms with E-state index in [4.69, 9.17) is 0 Å². The Labute approximate surface area is 127 Å². The summed E-state index contributed by atoms with van der Waals surface area (Å²) in [5.41, 5.74) is 4.74. The summed E-state index contributed by atoms with van der Waals surface area (Å²) in [6.45, 7) is 2.08. The number of rotatable bonds is 5. The standard InChI is InChI=1S/C16H15N3O3/c1-2-12-3-5-13(6-4-12)11-17-18-16(20)14-7-9-15(10-8-14)19(21)22/h3-11H,2H2,1H3,(H,18,20)/b17-11+. The first kappa shape index (κ1) is 15.4. The van der Waals surface area contributed by atoms with Crippen molar-refractivity contribution in [3.63, 3.8) is 0 Å². The molecule has 1 amide bonds. The number of aryl methyl sites for hydroxylation is 1. The molecule has 6 nitrogen and oxygen atoms in total. The molecule has 0 saturated heterocycles. The summed E-state index contributed by atoms with van der Waals surface area (Å²) in [6.07, 6.45) is 2.51. The minimum atomic E-state index is -0.514. The van der Waals surface area contributed by atoms with Gasteiger partial charge in [0, 0.05) is 17.7 Å². The van der Waals surface area contributed by atoms with E-state index in [1.54, 1.807) is 6.21 Å². The maximum Gasteiger partial charge on any atom is 0.271 e. The zero-order chi connectivity index (χ0) is 15.9. The van der Waals surface area contributed by atoms with E-state index in [0.717, 1.165) is 12.0 Å². The smallest absolute Gasteiger partial charge is 0.267 e. The highest BCUT2D eigenvalue weighted by atomic mass is 16.6. The highest BCUT2D eigenvalue weighted by Gasteiger charge is 2.08. The third-order valence-electron chi connectivity index (χ3n) is 3.11. The summed E-state index contributed by atoms with van der Waals surface area (Å²) < 4.78 is 0. The predicted molar refractivity (Wildman–Crippen MR) is 84.0 cm³/mol. The van der Waals surface area contributed by atoms with Gasteiger partial charge in [-0.25, -0.2) is 5.43 Å². The summed E-state index contributed by atoms with van der Waals surface area (Å²) >= 11 is 0. The molecule has 0 aliphatic heterocycles. The van der Waals surface area contributed by atoms with Gasteiger partial charge in [-0.3, -0.25) is 14.9 Å². The molecule has 0 fully saturated rings. The van der Waals surface area contributed by atoms with Crippen LogP contribution in [-0.2, 0) is 6.42 Å². The third-order valence-corrected chi connectivity index (χ3v) is 3.11. The number of carbonyl (C=O) groups excluding carboxylic acids is 1. The Morgan fingerprint density at radius 2 is 1.82 bits per heavy atom. The highest BCUT2D eigenvalue weighted by Crippen LogP contribution is 2.11. The maximum atomic E-state index is 11.8. The number of hydrogen-bond acceptors (Lipinski definition) is 4. The summed E-state index contributed by atoms with van der Waals surface area (Å²) in [6, 6.07) is 13.2. The van der Waals surface area contributed by atoms with Crippen LogP contribution in [0.3, 0.4) is 0 Å². The molecule has 2 aromatic carbocycles. The van der Waals surface area contributed by atoms with Gasteiger partial charge in [-0.2, -0.15) is 5.10 Å². The van der Waals surface area contributed by atoms with Gasteiger partial charge in [0.1, 0.15) is 0 Å². The molecule has 0 aliphatic carbocycles. The minimum absolute atomic E-state index is 0.0592. The fourth-order valence-corrected chi connectivity index (χ4v) is 1.80. The number of nitrogens with one attached hydrogen (secondary N) is 1. The van der Waals surface area contributed by atoms with Crippen molar-refractivity contribution >= 4 is 17.8 Å². The van der Waals surface area contributed by atoms with Gasteiger partial charge in [-0.1, -0.05) is 31.2 Å². The Morgan fingerprint density at radius 1 is 1.18 bits per heavy atom. The molecule has 0 unspecified atom stereocenters. The van der Waals surface area contributed by atoms with Gasteiger partial charge in [0.25, 0.3) is 11.6 Å². The molecule has 0 heterocycles. The first-order valence-electron chi connectivity index (χ1n) is 6.77. The molecule has 0 atom stereocenters. The Morgan fingerprint density at radius 3 is 2.36 bits per heavy atom. The monoisotopic (exact) mass is 297 g/mol. The minimum Gasteiger partial charge on any atom is -0.267 e. The molecule has 0 spiro atoms.